The van der Waals surface area contributed by atoms with Crippen molar-refractivity contribution < 1.29 is 0 Å². The van der Waals surface area contributed by atoms with E-state index in [0.29, 0.717) is 12.0 Å². The summed E-state index contributed by atoms with van der Waals surface area (Å²) in [7, 11) is 2.17. The summed E-state index contributed by atoms with van der Waals surface area (Å²) in [5.74, 6) is 0.707. The van der Waals surface area contributed by atoms with E-state index in [2.05, 4.69) is 64.5 Å². The molecule has 0 aliphatic rings. The van der Waals surface area contributed by atoms with Crippen molar-refractivity contribution >= 4 is 5.95 Å². The van der Waals surface area contributed by atoms with Gasteiger partial charge < -0.3 is 5.32 Å². The van der Waals surface area contributed by atoms with E-state index in [-0.39, 0.29) is 0 Å². The highest BCUT2D eigenvalue weighted by Crippen LogP contribution is 2.08. The maximum absolute atomic E-state index is 4.25. The highest BCUT2D eigenvalue weighted by atomic mass is 15.1. The Bertz CT molecular complexity index is 524. The fourth-order valence-corrected chi connectivity index (χ4v) is 2.12. The van der Waals surface area contributed by atoms with Crippen molar-refractivity contribution in [3.63, 3.8) is 0 Å². The van der Waals surface area contributed by atoms with Crippen molar-refractivity contribution in [3.8, 4) is 0 Å². The number of nitrogens with one attached hydrogen (secondary N) is 1. The van der Waals surface area contributed by atoms with Gasteiger partial charge >= 0.3 is 0 Å². The summed E-state index contributed by atoms with van der Waals surface area (Å²) in [4.78, 5) is 10.9. The summed E-state index contributed by atoms with van der Waals surface area (Å²) >= 11 is 0. The molecule has 0 fully saturated rings. The van der Waals surface area contributed by atoms with E-state index in [1.807, 2.05) is 19.3 Å². The second-order valence-corrected chi connectivity index (χ2v) is 5.55. The first-order valence-electron chi connectivity index (χ1n) is 7.42. The van der Waals surface area contributed by atoms with E-state index in [4.69, 9.17) is 0 Å². The normalized spacial score (nSPS) is 12.4. The molecule has 1 N–H and O–H groups in total. The summed E-state index contributed by atoms with van der Waals surface area (Å²) in [6.07, 6.45) is 4.72. The third kappa shape index (κ3) is 5.16. The topological polar surface area (TPSA) is 41.1 Å². The van der Waals surface area contributed by atoms with Gasteiger partial charge in [0.15, 0.2) is 0 Å². The Morgan fingerprint density at radius 1 is 1.14 bits per heavy atom. The smallest absolute Gasteiger partial charge is 0.222 e. The van der Waals surface area contributed by atoms with Gasteiger partial charge in [-0.05, 0) is 38.4 Å². The van der Waals surface area contributed by atoms with E-state index < -0.39 is 0 Å². The van der Waals surface area contributed by atoms with Crippen LogP contribution in [0.4, 0.5) is 5.95 Å². The molecule has 1 aromatic carbocycles. The van der Waals surface area contributed by atoms with Crippen LogP contribution >= 0.6 is 0 Å². The summed E-state index contributed by atoms with van der Waals surface area (Å²) in [6.45, 7) is 6.09. The molecule has 0 spiro atoms. The predicted molar refractivity (Wildman–Crippen MR) is 87.2 cm³/mol. The van der Waals surface area contributed by atoms with Gasteiger partial charge in [0.2, 0.25) is 5.95 Å². The van der Waals surface area contributed by atoms with Crippen LogP contribution in [0, 0.1) is 6.92 Å². The van der Waals surface area contributed by atoms with Crippen LogP contribution < -0.4 is 5.32 Å². The minimum Gasteiger partial charge on any atom is -0.354 e. The van der Waals surface area contributed by atoms with Gasteiger partial charge in [-0.25, -0.2) is 9.97 Å². The van der Waals surface area contributed by atoms with Crippen LogP contribution in [0.15, 0.2) is 42.7 Å². The molecule has 0 aliphatic heterocycles. The number of benzene rings is 1. The molecule has 21 heavy (non-hydrogen) atoms. The zero-order chi connectivity index (χ0) is 15.1. The Morgan fingerprint density at radius 3 is 2.48 bits per heavy atom. The van der Waals surface area contributed by atoms with E-state index in [9.17, 15) is 0 Å². The average molecular weight is 284 g/mol. The van der Waals surface area contributed by atoms with E-state index in [0.717, 1.165) is 25.1 Å². The zero-order valence-corrected chi connectivity index (χ0v) is 13.1. The van der Waals surface area contributed by atoms with Crippen molar-refractivity contribution in [2.24, 2.45) is 0 Å². The van der Waals surface area contributed by atoms with Gasteiger partial charge in [0.25, 0.3) is 0 Å². The number of aromatic nitrogens is 2. The second-order valence-electron chi connectivity index (χ2n) is 5.55. The van der Waals surface area contributed by atoms with Gasteiger partial charge in [0.1, 0.15) is 0 Å². The lowest BCUT2D eigenvalue weighted by atomic mass is 10.1. The van der Waals surface area contributed by atoms with Crippen LogP contribution in [-0.2, 0) is 6.54 Å². The molecular formula is C17H24N4. The minimum atomic E-state index is 0.503. The Kier molecular flexibility index (Phi) is 5.69. The number of aryl methyl sites for hydroxylation is 1. The van der Waals surface area contributed by atoms with Gasteiger partial charge in [-0.15, -0.1) is 0 Å². The lowest BCUT2D eigenvalue weighted by molar-refractivity contribution is 0.242. The number of hydrogen-bond acceptors (Lipinski definition) is 4. The molecule has 0 amide bonds. The minimum absolute atomic E-state index is 0.503. The Morgan fingerprint density at radius 2 is 1.81 bits per heavy atom. The quantitative estimate of drug-likeness (QED) is 0.848. The van der Waals surface area contributed by atoms with Crippen LogP contribution in [0.1, 0.15) is 24.5 Å². The van der Waals surface area contributed by atoms with Crippen LogP contribution in [0.2, 0.25) is 0 Å². The zero-order valence-electron chi connectivity index (χ0n) is 13.1. The van der Waals surface area contributed by atoms with Gasteiger partial charge in [0.05, 0.1) is 0 Å². The van der Waals surface area contributed by atoms with Crippen LogP contribution in [0.25, 0.3) is 0 Å². The largest absolute Gasteiger partial charge is 0.354 e. The summed E-state index contributed by atoms with van der Waals surface area (Å²) < 4.78 is 0. The lowest BCUT2D eigenvalue weighted by Crippen LogP contribution is -2.30. The van der Waals surface area contributed by atoms with Crippen LogP contribution in [0.3, 0.4) is 0 Å². The maximum Gasteiger partial charge on any atom is 0.222 e. The molecule has 1 heterocycles. The first-order valence-corrected chi connectivity index (χ1v) is 7.42. The van der Waals surface area contributed by atoms with Crippen molar-refractivity contribution in [1.82, 2.24) is 14.9 Å². The molecule has 4 nitrogen and oxygen atoms in total. The Hall–Kier alpha value is -1.94. The monoisotopic (exact) mass is 284 g/mol. The highest BCUT2D eigenvalue weighted by Gasteiger charge is 2.09. The predicted octanol–water partition coefficient (Wildman–Crippen LogP) is 3.11. The first kappa shape index (κ1) is 15.4. The molecule has 1 aromatic heterocycles. The molecular weight excluding hydrogens is 260 g/mol. The molecule has 2 aromatic rings. The number of hydrogen-bond donors (Lipinski definition) is 1. The van der Waals surface area contributed by atoms with Crippen molar-refractivity contribution in [2.75, 3.05) is 18.9 Å². The molecule has 0 aliphatic carbocycles. The maximum atomic E-state index is 4.25. The fraction of sp³-hybridized carbons (Fsp3) is 0.412. The molecule has 0 radical (unpaired) electrons. The van der Waals surface area contributed by atoms with Crippen molar-refractivity contribution in [3.05, 3.63) is 53.9 Å². The van der Waals surface area contributed by atoms with Gasteiger partial charge in [-0.3, -0.25) is 4.90 Å². The molecule has 2 rings (SSSR count). The fourth-order valence-electron chi connectivity index (χ4n) is 2.12. The summed E-state index contributed by atoms with van der Waals surface area (Å²) in [5, 5.41) is 3.27. The van der Waals surface area contributed by atoms with Crippen molar-refractivity contribution in [2.45, 2.75) is 32.9 Å². The summed E-state index contributed by atoms with van der Waals surface area (Å²) in [6, 6.07) is 11.1. The summed E-state index contributed by atoms with van der Waals surface area (Å²) in [5.41, 5.74) is 2.43. The standard InChI is InChI=1S/C17H24N4/c1-14-11-19-17(20-12-14)18-10-9-15(2)21(3)13-16-7-5-4-6-8-16/h4-8,11-12,15H,9-10,13H2,1-3H3,(H,18,19,20). The average Bonchev–Trinajstić information content (AvgIpc) is 2.50. The van der Waals surface area contributed by atoms with E-state index in [1.165, 1.54) is 5.56 Å². The van der Waals surface area contributed by atoms with Crippen LogP contribution in [0.5, 0.6) is 0 Å². The molecule has 1 unspecified atom stereocenters. The molecule has 112 valence electrons. The Balaban J connectivity index is 1.73. The van der Waals surface area contributed by atoms with Gasteiger partial charge in [-0.1, -0.05) is 30.3 Å². The third-order valence-electron chi connectivity index (χ3n) is 3.65. The Labute approximate surface area is 127 Å². The second kappa shape index (κ2) is 7.74. The SMILES string of the molecule is Cc1cnc(NCCC(C)N(C)Cc2ccccc2)nc1. The van der Waals surface area contributed by atoms with Crippen molar-refractivity contribution in [1.29, 1.82) is 0 Å². The third-order valence-corrected chi connectivity index (χ3v) is 3.65. The molecule has 0 saturated carbocycles. The molecule has 0 saturated heterocycles. The highest BCUT2D eigenvalue weighted by molar-refractivity contribution is 5.24. The molecule has 0 bridgehead atoms. The molecule has 4 heteroatoms. The van der Waals surface area contributed by atoms with Crippen LogP contribution in [-0.4, -0.2) is 34.5 Å². The van der Waals surface area contributed by atoms with Gasteiger partial charge in [0, 0.05) is 31.5 Å². The molecule has 1 atom stereocenters. The van der Waals surface area contributed by atoms with E-state index >= 15 is 0 Å². The first-order chi connectivity index (χ1) is 10.1. The number of rotatable bonds is 7. The lowest BCUT2D eigenvalue weighted by Gasteiger charge is -2.24. The van der Waals surface area contributed by atoms with E-state index in [1.54, 1.807) is 0 Å². The number of anilines is 1. The van der Waals surface area contributed by atoms with Gasteiger partial charge in [-0.2, -0.15) is 0 Å². The number of nitrogens with zero attached hydrogens (tertiary/aromatic N) is 3.